The van der Waals surface area contributed by atoms with Crippen LogP contribution in [0.15, 0.2) is 53.4 Å². The maximum atomic E-state index is 13.1. The summed E-state index contributed by atoms with van der Waals surface area (Å²) in [6, 6.07) is 13.1. The lowest BCUT2D eigenvalue weighted by atomic mass is 10.1. The van der Waals surface area contributed by atoms with E-state index in [2.05, 4.69) is 4.72 Å². The number of ether oxygens (including phenoxy) is 6. The molecule has 0 heterocycles. The predicted molar refractivity (Wildman–Crippen MR) is 138 cm³/mol. The second-order valence-corrected chi connectivity index (χ2v) is 9.06. The highest BCUT2D eigenvalue weighted by molar-refractivity contribution is 7.92. The van der Waals surface area contributed by atoms with E-state index in [4.69, 9.17) is 28.4 Å². The number of hydrogen-bond acceptors (Lipinski definition) is 8. The van der Waals surface area contributed by atoms with Crippen LogP contribution in [0.4, 0.5) is 5.69 Å². The topological polar surface area (TPSA) is 102 Å². The second-order valence-electron chi connectivity index (χ2n) is 7.37. The van der Waals surface area contributed by atoms with E-state index < -0.39 is 10.0 Å². The molecule has 0 saturated heterocycles. The Hall–Kier alpha value is -4.05. The molecule has 0 bridgehead atoms. The summed E-state index contributed by atoms with van der Waals surface area (Å²) in [4.78, 5) is 0.0144. The van der Waals surface area contributed by atoms with Crippen LogP contribution >= 0.6 is 0 Å². The van der Waals surface area contributed by atoms with Crippen LogP contribution in [0.2, 0.25) is 0 Å². The predicted octanol–water partition coefficient (Wildman–Crippen LogP) is 4.71. The quantitative estimate of drug-likeness (QED) is 0.367. The summed E-state index contributed by atoms with van der Waals surface area (Å²) in [7, 11) is 5.07. The Labute approximate surface area is 211 Å². The molecule has 3 aromatic carbocycles. The van der Waals surface area contributed by atoms with Gasteiger partial charge in [-0.05, 0) is 47.5 Å². The lowest BCUT2D eigenvalue weighted by Crippen LogP contribution is -2.14. The van der Waals surface area contributed by atoms with Gasteiger partial charge in [0.1, 0.15) is 5.75 Å². The summed E-state index contributed by atoms with van der Waals surface area (Å²) in [6.45, 7) is 0. The minimum Gasteiger partial charge on any atom is -0.495 e. The van der Waals surface area contributed by atoms with Gasteiger partial charge >= 0.3 is 0 Å². The molecule has 1 N–H and O–H groups in total. The Bertz CT molecular complexity index is 1330. The molecule has 0 unspecified atom stereocenters. The first kappa shape index (κ1) is 26.6. The summed E-state index contributed by atoms with van der Waals surface area (Å²) in [5.74, 6) is 2.63. The van der Waals surface area contributed by atoms with Gasteiger partial charge in [-0.3, -0.25) is 4.72 Å². The molecule has 3 rings (SSSR count). The zero-order valence-corrected chi connectivity index (χ0v) is 21.8. The van der Waals surface area contributed by atoms with Gasteiger partial charge in [0.05, 0.1) is 53.2 Å². The van der Waals surface area contributed by atoms with Gasteiger partial charge in [0.15, 0.2) is 23.0 Å². The lowest BCUT2D eigenvalue weighted by Gasteiger charge is -2.14. The molecule has 3 aromatic rings. The van der Waals surface area contributed by atoms with Gasteiger partial charge < -0.3 is 28.4 Å². The fourth-order valence-electron chi connectivity index (χ4n) is 3.49. The van der Waals surface area contributed by atoms with Crippen LogP contribution in [0.3, 0.4) is 0 Å². The molecule has 0 fully saturated rings. The minimum absolute atomic E-state index is 0.0144. The molecule has 0 radical (unpaired) electrons. The van der Waals surface area contributed by atoms with E-state index in [1.54, 1.807) is 26.4 Å². The molecular weight excluding hydrogens is 486 g/mol. The number of methoxy groups -OCH3 is 6. The van der Waals surface area contributed by atoms with Crippen molar-refractivity contribution in [2.24, 2.45) is 0 Å². The largest absolute Gasteiger partial charge is 0.495 e. The SMILES string of the molecule is COc1ccc(/C=C\c2cc(OC)c(OC)c(OC)c2)cc1NS(=O)(=O)c1ccc(OC)c(OC)c1. The number of hydrogen-bond donors (Lipinski definition) is 1. The average molecular weight is 516 g/mol. The fraction of sp³-hybridized carbons (Fsp3) is 0.231. The summed E-state index contributed by atoms with van der Waals surface area (Å²) >= 11 is 0. The smallest absolute Gasteiger partial charge is 0.262 e. The molecule has 0 aliphatic heterocycles. The van der Waals surface area contributed by atoms with Crippen LogP contribution in [0.5, 0.6) is 34.5 Å². The minimum atomic E-state index is -3.95. The van der Waals surface area contributed by atoms with Crippen LogP contribution in [0.25, 0.3) is 12.2 Å². The first-order valence-corrected chi connectivity index (χ1v) is 12.2. The Kier molecular flexibility index (Phi) is 8.55. The number of sulfonamides is 1. The first-order valence-electron chi connectivity index (χ1n) is 10.7. The summed E-state index contributed by atoms with van der Waals surface area (Å²) in [5.41, 5.74) is 1.81. The van der Waals surface area contributed by atoms with Gasteiger partial charge in [0.2, 0.25) is 5.75 Å². The van der Waals surface area contributed by atoms with E-state index in [1.807, 2.05) is 30.4 Å². The number of anilines is 1. The molecule has 0 aromatic heterocycles. The van der Waals surface area contributed by atoms with E-state index in [-0.39, 0.29) is 10.6 Å². The normalized spacial score (nSPS) is 11.2. The van der Waals surface area contributed by atoms with Crippen molar-refractivity contribution in [2.75, 3.05) is 47.4 Å². The van der Waals surface area contributed by atoms with E-state index >= 15 is 0 Å². The van der Waals surface area contributed by atoms with Crippen LogP contribution in [0, 0.1) is 0 Å². The maximum absolute atomic E-state index is 13.1. The molecule has 0 amide bonds. The van der Waals surface area contributed by atoms with Crippen LogP contribution < -0.4 is 33.1 Å². The maximum Gasteiger partial charge on any atom is 0.262 e. The van der Waals surface area contributed by atoms with Gasteiger partial charge in [-0.15, -0.1) is 0 Å². The Balaban J connectivity index is 1.94. The molecule has 0 aliphatic carbocycles. The van der Waals surface area contributed by atoms with Crippen molar-refractivity contribution in [1.29, 1.82) is 0 Å². The van der Waals surface area contributed by atoms with Crippen molar-refractivity contribution in [2.45, 2.75) is 4.90 Å². The highest BCUT2D eigenvalue weighted by Crippen LogP contribution is 2.39. The highest BCUT2D eigenvalue weighted by atomic mass is 32.2. The monoisotopic (exact) mass is 515 g/mol. The zero-order chi connectivity index (χ0) is 26.3. The van der Waals surface area contributed by atoms with E-state index in [1.165, 1.54) is 46.6 Å². The highest BCUT2D eigenvalue weighted by Gasteiger charge is 2.19. The molecule has 0 aliphatic rings. The number of benzene rings is 3. The third-order valence-corrected chi connectivity index (χ3v) is 6.65. The van der Waals surface area contributed by atoms with Crippen molar-refractivity contribution < 1.29 is 36.8 Å². The molecule has 192 valence electrons. The zero-order valence-electron chi connectivity index (χ0n) is 20.9. The van der Waals surface area contributed by atoms with Crippen LogP contribution in [-0.2, 0) is 10.0 Å². The molecular formula is C26H29NO8S. The molecule has 0 saturated carbocycles. The summed E-state index contributed by atoms with van der Waals surface area (Å²) < 4.78 is 60.8. The Morgan fingerprint density at radius 3 is 1.69 bits per heavy atom. The summed E-state index contributed by atoms with van der Waals surface area (Å²) in [5, 5.41) is 0. The molecule has 9 nitrogen and oxygen atoms in total. The second kappa shape index (κ2) is 11.6. The molecule has 10 heteroatoms. The van der Waals surface area contributed by atoms with Gasteiger partial charge in [-0.1, -0.05) is 18.2 Å². The van der Waals surface area contributed by atoms with Gasteiger partial charge in [-0.2, -0.15) is 0 Å². The average Bonchev–Trinajstić information content (AvgIpc) is 2.90. The van der Waals surface area contributed by atoms with E-state index in [0.29, 0.717) is 34.5 Å². The lowest BCUT2D eigenvalue weighted by molar-refractivity contribution is 0.324. The van der Waals surface area contributed by atoms with Gasteiger partial charge in [0, 0.05) is 6.07 Å². The first-order chi connectivity index (χ1) is 17.3. The van der Waals surface area contributed by atoms with E-state index in [0.717, 1.165) is 11.1 Å². The number of nitrogens with one attached hydrogen (secondary N) is 1. The third-order valence-electron chi connectivity index (χ3n) is 5.29. The van der Waals surface area contributed by atoms with E-state index in [9.17, 15) is 8.42 Å². The van der Waals surface area contributed by atoms with Crippen LogP contribution in [0.1, 0.15) is 11.1 Å². The standard InChI is InChI=1S/C26H29NO8S/c1-30-21-11-9-17(7-8-18-14-24(33-4)26(35-6)25(15-18)34-5)13-20(21)27-36(28,29)19-10-12-22(31-2)23(16-19)32-3/h7-16,27H,1-6H3/b8-7-. The third kappa shape index (κ3) is 5.77. The molecule has 0 spiro atoms. The van der Waals surface area contributed by atoms with Crippen molar-refractivity contribution in [3.8, 4) is 34.5 Å². The molecule has 0 atom stereocenters. The Morgan fingerprint density at radius 2 is 1.14 bits per heavy atom. The van der Waals surface area contributed by atoms with Gasteiger partial charge in [0.25, 0.3) is 10.0 Å². The Morgan fingerprint density at radius 1 is 0.583 bits per heavy atom. The van der Waals surface area contributed by atoms with Crippen molar-refractivity contribution >= 4 is 27.9 Å². The van der Waals surface area contributed by atoms with Crippen LogP contribution in [-0.4, -0.2) is 51.1 Å². The van der Waals surface area contributed by atoms with Gasteiger partial charge in [-0.25, -0.2) is 8.42 Å². The summed E-state index contributed by atoms with van der Waals surface area (Å²) in [6.07, 6.45) is 3.67. The molecule has 36 heavy (non-hydrogen) atoms. The fourth-order valence-corrected chi connectivity index (χ4v) is 4.56. The number of rotatable bonds is 11. The van der Waals surface area contributed by atoms with Crippen molar-refractivity contribution in [3.63, 3.8) is 0 Å². The van der Waals surface area contributed by atoms with Crippen molar-refractivity contribution in [1.82, 2.24) is 0 Å². The van der Waals surface area contributed by atoms with Crippen molar-refractivity contribution in [3.05, 3.63) is 59.7 Å².